The summed E-state index contributed by atoms with van der Waals surface area (Å²) in [5.41, 5.74) is 10.9. The molecule has 4 N–H and O–H groups in total. The van der Waals surface area contributed by atoms with Gasteiger partial charge in [-0.2, -0.15) is 0 Å². The maximum Gasteiger partial charge on any atom is 0.288 e. The van der Waals surface area contributed by atoms with Crippen molar-refractivity contribution in [3.63, 3.8) is 0 Å². The van der Waals surface area contributed by atoms with Crippen molar-refractivity contribution in [1.29, 1.82) is 0 Å². The monoisotopic (exact) mass is 293 g/mol. The van der Waals surface area contributed by atoms with Crippen LogP contribution < -0.4 is 16.4 Å². The van der Waals surface area contributed by atoms with Crippen molar-refractivity contribution in [3.05, 3.63) is 27.9 Å². The summed E-state index contributed by atoms with van der Waals surface area (Å²) in [6.07, 6.45) is 4.19. The molecule has 1 fully saturated rings. The van der Waals surface area contributed by atoms with Crippen LogP contribution in [0.3, 0.4) is 0 Å². The first-order valence-electron chi connectivity index (χ1n) is 6.82. The van der Waals surface area contributed by atoms with E-state index in [-0.39, 0.29) is 17.3 Å². The number of carbonyl (C=O) groups excluding carboxylic acids is 1. The van der Waals surface area contributed by atoms with Gasteiger partial charge < -0.3 is 16.4 Å². The standard InChI is InChI=1S/C13H19N5O3/c1-17(11-4-2-3-8(11)6-14)13-10(12(15)19)5-9(7-16-13)18(20)21/h5,7-8,11H,2-4,6,14H2,1H3,(H2,15,19). The van der Waals surface area contributed by atoms with Crippen LogP contribution in [-0.4, -0.2) is 35.4 Å². The fourth-order valence-corrected chi connectivity index (χ4v) is 2.97. The first-order chi connectivity index (χ1) is 9.95. The third kappa shape index (κ3) is 2.94. The Bertz CT molecular complexity index is 563. The number of nitrogens with two attached hydrogens (primary N) is 2. The van der Waals surface area contributed by atoms with Gasteiger partial charge in [-0.3, -0.25) is 14.9 Å². The van der Waals surface area contributed by atoms with E-state index in [4.69, 9.17) is 11.5 Å². The lowest BCUT2D eigenvalue weighted by atomic mass is 10.0. The molecule has 1 aliphatic rings. The minimum Gasteiger partial charge on any atom is -0.365 e. The lowest BCUT2D eigenvalue weighted by Gasteiger charge is -2.31. The number of hydrogen-bond donors (Lipinski definition) is 2. The summed E-state index contributed by atoms with van der Waals surface area (Å²) >= 11 is 0. The van der Waals surface area contributed by atoms with E-state index in [1.54, 1.807) is 0 Å². The lowest BCUT2D eigenvalue weighted by Crippen LogP contribution is -2.39. The number of carbonyl (C=O) groups is 1. The summed E-state index contributed by atoms with van der Waals surface area (Å²) < 4.78 is 0. The van der Waals surface area contributed by atoms with Gasteiger partial charge in [0.05, 0.1) is 10.5 Å². The second-order valence-corrected chi connectivity index (χ2v) is 5.29. The molecular formula is C13H19N5O3. The molecule has 1 aliphatic carbocycles. The molecule has 0 aromatic carbocycles. The van der Waals surface area contributed by atoms with E-state index in [9.17, 15) is 14.9 Å². The maximum atomic E-state index is 11.6. The zero-order valence-corrected chi connectivity index (χ0v) is 11.9. The second kappa shape index (κ2) is 6.04. The number of anilines is 1. The molecule has 0 bridgehead atoms. The number of pyridine rings is 1. The zero-order valence-electron chi connectivity index (χ0n) is 11.9. The Morgan fingerprint density at radius 2 is 2.29 bits per heavy atom. The zero-order chi connectivity index (χ0) is 15.6. The summed E-state index contributed by atoms with van der Waals surface area (Å²) in [6.45, 7) is 0.563. The molecule has 0 saturated heterocycles. The molecule has 2 rings (SSSR count). The molecule has 1 heterocycles. The number of amides is 1. The van der Waals surface area contributed by atoms with E-state index in [0.29, 0.717) is 18.3 Å². The molecule has 0 aliphatic heterocycles. The number of nitrogens with zero attached hydrogens (tertiary/aromatic N) is 3. The molecule has 2 atom stereocenters. The van der Waals surface area contributed by atoms with Gasteiger partial charge in [0.2, 0.25) is 0 Å². The number of nitro groups is 1. The molecular weight excluding hydrogens is 274 g/mol. The number of aromatic nitrogens is 1. The van der Waals surface area contributed by atoms with E-state index in [2.05, 4.69) is 4.98 Å². The fraction of sp³-hybridized carbons (Fsp3) is 0.538. The van der Waals surface area contributed by atoms with Crippen LogP contribution in [0.25, 0.3) is 0 Å². The second-order valence-electron chi connectivity index (χ2n) is 5.29. The molecule has 114 valence electrons. The van der Waals surface area contributed by atoms with Crippen LogP contribution in [0.2, 0.25) is 0 Å². The molecule has 8 heteroatoms. The van der Waals surface area contributed by atoms with Crippen LogP contribution in [0.4, 0.5) is 11.5 Å². The third-order valence-electron chi connectivity index (χ3n) is 4.08. The van der Waals surface area contributed by atoms with Crippen LogP contribution in [0.15, 0.2) is 12.3 Å². The van der Waals surface area contributed by atoms with Crippen LogP contribution in [0.1, 0.15) is 29.6 Å². The van der Waals surface area contributed by atoms with Crippen molar-refractivity contribution in [3.8, 4) is 0 Å². The van der Waals surface area contributed by atoms with E-state index in [0.717, 1.165) is 25.5 Å². The first-order valence-corrected chi connectivity index (χ1v) is 6.82. The van der Waals surface area contributed by atoms with Crippen LogP contribution in [0, 0.1) is 16.0 Å². The van der Waals surface area contributed by atoms with Crippen LogP contribution in [0.5, 0.6) is 0 Å². The Morgan fingerprint density at radius 3 is 2.86 bits per heavy atom. The van der Waals surface area contributed by atoms with Crippen LogP contribution in [-0.2, 0) is 0 Å². The molecule has 1 aromatic rings. The minimum absolute atomic E-state index is 0.0642. The predicted octanol–water partition coefficient (Wildman–Crippen LogP) is 0.652. The lowest BCUT2D eigenvalue weighted by molar-refractivity contribution is -0.385. The topological polar surface area (TPSA) is 128 Å². The smallest absolute Gasteiger partial charge is 0.288 e. The molecule has 8 nitrogen and oxygen atoms in total. The quantitative estimate of drug-likeness (QED) is 0.606. The average Bonchev–Trinajstić information content (AvgIpc) is 2.94. The average molecular weight is 293 g/mol. The Kier molecular flexibility index (Phi) is 4.37. The van der Waals surface area contributed by atoms with E-state index in [1.807, 2.05) is 11.9 Å². The SMILES string of the molecule is CN(c1ncc([N+](=O)[O-])cc1C(N)=O)C1CCCC1CN. The Hall–Kier alpha value is -2.22. The van der Waals surface area contributed by atoms with Gasteiger partial charge in [-0.05, 0) is 25.3 Å². The highest BCUT2D eigenvalue weighted by Crippen LogP contribution is 2.32. The largest absolute Gasteiger partial charge is 0.365 e. The van der Waals surface area contributed by atoms with Crippen molar-refractivity contribution < 1.29 is 9.72 Å². The first kappa shape index (κ1) is 15.2. The third-order valence-corrected chi connectivity index (χ3v) is 4.08. The molecule has 2 unspecified atom stereocenters. The Morgan fingerprint density at radius 1 is 1.57 bits per heavy atom. The molecule has 0 radical (unpaired) electrons. The number of primary amides is 1. The summed E-state index contributed by atoms with van der Waals surface area (Å²) in [6, 6.07) is 1.34. The van der Waals surface area contributed by atoms with Crippen LogP contribution >= 0.6 is 0 Å². The maximum absolute atomic E-state index is 11.6. The van der Waals surface area contributed by atoms with Gasteiger partial charge in [-0.1, -0.05) is 6.42 Å². The molecule has 1 aromatic heterocycles. The fourth-order valence-electron chi connectivity index (χ4n) is 2.97. The van der Waals surface area contributed by atoms with E-state index in [1.165, 1.54) is 6.07 Å². The Labute approximate surface area is 122 Å². The van der Waals surface area contributed by atoms with Gasteiger partial charge in [-0.15, -0.1) is 0 Å². The van der Waals surface area contributed by atoms with Gasteiger partial charge in [-0.25, -0.2) is 4.98 Å². The molecule has 0 spiro atoms. The van der Waals surface area contributed by atoms with E-state index >= 15 is 0 Å². The minimum atomic E-state index is -0.727. The summed E-state index contributed by atoms with van der Waals surface area (Å²) in [4.78, 5) is 27.7. The molecule has 1 amide bonds. The summed E-state index contributed by atoms with van der Waals surface area (Å²) in [5, 5.41) is 10.8. The molecule has 21 heavy (non-hydrogen) atoms. The van der Waals surface area contributed by atoms with Gasteiger partial charge in [0.25, 0.3) is 11.6 Å². The highest BCUT2D eigenvalue weighted by Gasteiger charge is 2.32. The van der Waals surface area contributed by atoms with Crippen molar-refractivity contribution in [2.45, 2.75) is 25.3 Å². The predicted molar refractivity (Wildman–Crippen MR) is 78.0 cm³/mol. The van der Waals surface area contributed by atoms with Crippen molar-refractivity contribution >= 4 is 17.4 Å². The van der Waals surface area contributed by atoms with Crippen molar-refractivity contribution in [2.24, 2.45) is 17.4 Å². The normalized spacial score (nSPS) is 21.2. The number of rotatable bonds is 5. The van der Waals surface area contributed by atoms with Gasteiger partial charge in [0, 0.05) is 19.2 Å². The van der Waals surface area contributed by atoms with Gasteiger partial charge in [0.1, 0.15) is 12.0 Å². The van der Waals surface area contributed by atoms with E-state index < -0.39 is 10.8 Å². The summed E-state index contributed by atoms with van der Waals surface area (Å²) in [5.74, 6) is -0.0264. The summed E-state index contributed by atoms with van der Waals surface area (Å²) in [7, 11) is 1.82. The Balaban J connectivity index is 2.38. The van der Waals surface area contributed by atoms with Crippen molar-refractivity contribution in [1.82, 2.24) is 4.98 Å². The highest BCUT2D eigenvalue weighted by atomic mass is 16.6. The highest BCUT2D eigenvalue weighted by molar-refractivity contribution is 5.98. The van der Waals surface area contributed by atoms with Gasteiger partial charge in [0.15, 0.2) is 0 Å². The van der Waals surface area contributed by atoms with Gasteiger partial charge >= 0.3 is 0 Å². The van der Waals surface area contributed by atoms with Crippen molar-refractivity contribution in [2.75, 3.05) is 18.5 Å². The number of hydrogen-bond acceptors (Lipinski definition) is 6. The molecule has 1 saturated carbocycles.